The van der Waals surface area contributed by atoms with Gasteiger partial charge in [-0.15, -0.1) is 0 Å². The number of nitrogens with zero attached hydrogens (tertiary/aromatic N) is 1. The Kier molecular flexibility index (Phi) is 4.76. The first kappa shape index (κ1) is 14.7. The van der Waals surface area contributed by atoms with Gasteiger partial charge in [0, 0.05) is 32.9 Å². The highest BCUT2D eigenvalue weighted by Gasteiger charge is 2.45. The number of nitrogens with two attached hydrogens (primary N) is 1. The lowest BCUT2D eigenvalue weighted by atomic mass is 9.78. The lowest BCUT2D eigenvalue weighted by Crippen LogP contribution is -2.55. The molecule has 0 spiro atoms. The van der Waals surface area contributed by atoms with E-state index in [0.717, 1.165) is 19.4 Å². The van der Waals surface area contributed by atoms with E-state index in [1.165, 1.54) is 0 Å². The Morgan fingerprint density at radius 3 is 2.74 bits per heavy atom. The number of ether oxygens (including phenoxy) is 1. The third kappa shape index (κ3) is 2.90. The van der Waals surface area contributed by atoms with Crippen molar-refractivity contribution in [2.24, 2.45) is 17.1 Å². The molecule has 6 heteroatoms. The van der Waals surface area contributed by atoms with Gasteiger partial charge < -0.3 is 20.5 Å². The fourth-order valence-electron chi connectivity index (χ4n) is 2.99. The molecule has 0 radical (unpaired) electrons. The quantitative estimate of drug-likeness (QED) is 0.730. The predicted molar refractivity (Wildman–Crippen MR) is 75.7 cm³/mol. The molecule has 1 atom stereocenters. The van der Waals surface area contributed by atoms with E-state index >= 15 is 0 Å². The molecule has 108 valence electrons. The second-order valence-corrected chi connectivity index (χ2v) is 5.94. The fourth-order valence-corrected chi connectivity index (χ4v) is 3.28. The number of piperidine rings is 1. The second kappa shape index (κ2) is 6.15. The van der Waals surface area contributed by atoms with Gasteiger partial charge in [0.25, 0.3) is 0 Å². The van der Waals surface area contributed by atoms with Gasteiger partial charge in [0.1, 0.15) is 5.41 Å². The van der Waals surface area contributed by atoms with Gasteiger partial charge in [-0.25, -0.2) is 0 Å². The largest absolute Gasteiger partial charge is 0.396 e. The number of rotatable bonds is 3. The van der Waals surface area contributed by atoms with Crippen molar-refractivity contribution >= 4 is 23.1 Å². The smallest absolute Gasteiger partial charge is 0.235 e. The van der Waals surface area contributed by atoms with Crippen LogP contribution in [0, 0.1) is 11.3 Å². The van der Waals surface area contributed by atoms with Crippen LogP contribution in [-0.4, -0.2) is 53.8 Å². The third-order valence-electron chi connectivity index (χ3n) is 4.29. The normalized spacial score (nSPS) is 27.0. The Morgan fingerprint density at radius 2 is 2.16 bits per heavy atom. The summed E-state index contributed by atoms with van der Waals surface area (Å²) in [6.45, 7) is 2.54. The minimum Gasteiger partial charge on any atom is -0.396 e. The molecule has 2 rings (SSSR count). The molecule has 0 aliphatic carbocycles. The molecular weight excluding hydrogens is 264 g/mol. The molecule has 0 aromatic carbocycles. The van der Waals surface area contributed by atoms with Crippen LogP contribution in [0.15, 0.2) is 0 Å². The minimum atomic E-state index is -0.731. The second-order valence-electron chi connectivity index (χ2n) is 5.50. The number of aliphatic hydroxyl groups excluding tert-OH is 1. The van der Waals surface area contributed by atoms with Crippen LogP contribution >= 0.6 is 12.2 Å². The number of hydrogen-bond donors (Lipinski definition) is 2. The summed E-state index contributed by atoms with van der Waals surface area (Å²) in [4.78, 5) is 14.9. The van der Waals surface area contributed by atoms with Crippen molar-refractivity contribution in [3.05, 3.63) is 0 Å². The summed E-state index contributed by atoms with van der Waals surface area (Å²) in [5.41, 5.74) is 5.12. The first-order valence-electron chi connectivity index (χ1n) is 6.88. The molecule has 0 aromatic heterocycles. The van der Waals surface area contributed by atoms with Crippen LogP contribution in [-0.2, 0) is 9.53 Å². The molecule has 0 saturated carbocycles. The fraction of sp³-hybridized carbons (Fsp3) is 0.846. The lowest BCUT2D eigenvalue weighted by molar-refractivity contribution is -0.144. The summed E-state index contributed by atoms with van der Waals surface area (Å²) >= 11 is 5.16. The molecule has 1 unspecified atom stereocenters. The Morgan fingerprint density at radius 1 is 1.47 bits per heavy atom. The van der Waals surface area contributed by atoms with Crippen molar-refractivity contribution in [2.75, 3.05) is 32.9 Å². The summed E-state index contributed by atoms with van der Waals surface area (Å²) in [5, 5.41) is 9.27. The highest BCUT2D eigenvalue weighted by atomic mass is 32.1. The van der Waals surface area contributed by atoms with E-state index in [9.17, 15) is 9.90 Å². The lowest BCUT2D eigenvalue weighted by Gasteiger charge is -2.41. The minimum absolute atomic E-state index is 0.0291. The molecule has 2 aliphatic heterocycles. The number of thiocarbonyl (C=S) groups is 1. The molecule has 5 nitrogen and oxygen atoms in total. The van der Waals surface area contributed by atoms with Crippen LogP contribution in [0.25, 0.3) is 0 Å². The van der Waals surface area contributed by atoms with Gasteiger partial charge in [0.2, 0.25) is 5.91 Å². The van der Waals surface area contributed by atoms with Gasteiger partial charge in [-0.3, -0.25) is 4.79 Å². The number of carbonyl (C=O) groups excluding carboxylic acids is 1. The predicted octanol–water partition coefficient (Wildman–Crippen LogP) is 0.300. The number of hydrogen-bond acceptors (Lipinski definition) is 4. The van der Waals surface area contributed by atoms with Crippen molar-refractivity contribution < 1.29 is 14.6 Å². The van der Waals surface area contributed by atoms with Crippen LogP contribution in [0.2, 0.25) is 0 Å². The summed E-state index contributed by atoms with van der Waals surface area (Å²) in [7, 11) is 0. The summed E-state index contributed by atoms with van der Waals surface area (Å²) in [5.74, 6) is 0.211. The molecule has 19 heavy (non-hydrogen) atoms. The van der Waals surface area contributed by atoms with Gasteiger partial charge in [0.15, 0.2) is 0 Å². The van der Waals surface area contributed by atoms with Crippen LogP contribution in [0.4, 0.5) is 0 Å². The molecule has 2 heterocycles. The number of likely N-dealkylation sites (tertiary alicyclic amines) is 1. The van der Waals surface area contributed by atoms with E-state index in [1.54, 1.807) is 0 Å². The van der Waals surface area contributed by atoms with E-state index in [2.05, 4.69) is 0 Å². The van der Waals surface area contributed by atoms with Crippen molar-refractivity contribution in [1.29, 1.82) is 0 Å². The van der Waals surface area contributed by atoms with E-state index < -0.39 is 5.41 Å². The highest BCUT2D eigenvalue weighted by Crippen LogP contribution is 2.34. The zero-order valence-electron chi connectivity index (χ0n) is 11.1. The number of aliphatic hydroxyl groups is 1. The third-order valence-corrected chi connectivity index (χ3v) is 4.68. The topological polar surface area (TPSA) is 75.8 Å². The van der Waals surface area contributed by atoms with Gasteiger partial charge >= 0.3 is 0 Å². The SMILES string of the molecule is NC(=S)C1(C(=O)N2CCCC(CO)C2)CCOCC1. The maximum atomic E-state index is 12.8. The van der Waals surface area contributed by atoms with E-state index in [-0.39, 0.29) is 23.4 Å². The van der Waals surface area contributed by atoms with E-state index in [1.807, 2.05) is 4.90 Å². The summed E-state index contributed by atoms with van der Waals surface area (Å²) < 4.78 is 5.33. The van der Waals surface area contributed by atoms with E-state index in [0.29, 0.717) is 32.6 Å². The van der Waals surface area contributed by atoms with Crippen molar-refractivity contribution in [1.82, 2.24) is 4.90 Å². The van der Waals surface area contributed by atoms with Gasteiger partial charge in [0.05, 0.1) is 4.99 Å². The van der Waals surface area contributed by atoms with Crippen LogP contribution < -0.4 is 5.73 Å². The Balaban J connectivity index is 2.13. The van der Waals surface area contributed by atoms with Crippen molar-refractivity contribution in [3.8, 4) is 0 Å². The molecule has 2 aliphatic rings. The van der Waals surface area contributed by atoms with Gasteiger partial charge in [-0.1, -0.05) is 12.2 Å². The molecule has 2 fully saturated rings. The monoisotopic (exact) mass is 286 g/mol. The maximum absolute atomic E-state index is 12.8. The van der Waals surface area contributed by atoms with Crippen LogP contribution in [0.1, 0.15) is 25.7 Å². The Labute approximate surface area is 119 Å². The first-order chi connectivity index (χ1) is 9.10. The average molecular weight is 286 g/mol. The number of amides is 1. The van der Waals surface area contributed by atoms with Gasteiger partial charge in [-0.2, -0.15) is 0 Å². The Hall–Kier alpha value is -0.720. The number of carbonyl (C=O) groups is 1. The summed E-state index contributed by atoms with van der Waals surface area (Å²) in [6.07, 6.45) is 3.05. The molecular formula is C13H22N2O3S. The Bertz CT molecular complexity index is 356. The summed E-state index contributed by atoms with van der Waals surface area (Å²) in [6, 6.07) is 0. The molecule has 2 saturated heterocycles. The molecule has 3 N–H and O–H groups in total. The van der Waals surface area contributed by atoms with Crippen molar-refractivity contribution in [3.63, 3.8) is 0 Å². The van der Waals surface area contributed by atoms with Gasteiger partial charge in [-0.05, 0) is 31.6 Å². The standard InChI is InChI=1S/C13H22N2O3S/c14-11(19)13(3-6-18-7-4-13)12(17)15-5-1-2-10(8-15)9-16/h10,16H,1-9H2,(H2,14,19). The highest BCUT2D eigenvalue weighted by molar-refractivity contribution is 7.80. The zero-order chi connectivity index (χ0) is 13.9. The zero-order valence-corrected chi connectivity index (χ0v) is 12.0. The molecule has 0 bridgehead atoms. The average Bonchev–Trinajstić information content (AvgIpc) is 2.47. The van der Waals surface area contributed by atoms with Crippen molar-refractivity contribution in [2.45, 2.75) is 25.7 Å². The first-order valence-corrected chi connectivity index (χ1v) is 7.29. The van der Waals surface area contributed by atoms with Crippen LogP contribution in [0.3, 0.4) is 0 Å². The maximum Gasteiger partial charge on any atom is 0.235 e. The van der Waals surface area contributed by atoms with E-state index in [4.69, 9.17) is 22.7 Å². The molecule has 1 amide bonds. The van der Waals surface area contributed by atoms with Crippen LogP contribution in [0.5, 0.6) is 0 Å². The molecule has 0 aromatic rings.